The number of sulfonamides is 1. The lowest BCUT2D eigenvalue weighted by Gasteiger charge is -2.32. The maximum Gasteiger partial charge on any atom is 0.352 e. The number of hydrogen-bond donors (Lipinski definition) is 1. The fourth-order valence-electron chi connectivity index (χ4n) is 4.62. The van der Waals surface area contributed by atoms with Crippen molar-refractivity contribution in [3.63, 3.8) is 0 Å². The standard InChI is InChI=1S/C30H35ClN2O7S2/c1-19-26(39-18-25(34)38-5)28(29(35)40-30(2,3)4)41-27(19)20-9-8-10-22(17-20)32-21-13-15-33(16-14-21)42(36,37)24-12-7-6-11-23(24)31/h6-12,17,21,32H,13-16,18H2,1-5H3. The van der Waals surface area contributed by atoms with Crippen LogP contribution in [0.15, 0.2) is 53.4 Å². The molecule has 42 heavy (non-hydrogen) atoms. The van der Waals surface area contributed by atoms with Gasteiger partial charge in [0.15, 0.2) is 11.5 Å². The Hall–Kier alpha value is -3.12. The molecule has 4 rings (SSSR count). The molecule has 3 aromatic rings. The zero-order chi connectivity index (χ0) is 30.7. The van der Waals surface area contributed by atoms with Crippen LogP contribution in [0.3, 0.4) is 0 Å². The number of carbonyl (C=O) groups excluding carboxylic acids is 2. The van der Waals surface area contributed by atoms with E-state index < -0.39 is 27.6 Å². The summed E-state index contributed by atoms with van der Waals surface area (Å²) in [6.45, 7) is 7.59. The number of thiophene rings is 1. The number of esters is 2. The van der Waals surface area contributed by atoms with Crippen molar-refractivity contribution in [1.29, 1.82) is 0 Å². The molecule has 0 unspecified atom stereocenters. The lowest BCUT2D eigenvalue weighted by Crippen LogP contribution is -2.42. The number of anilines is 1. The molecular formula is C30H35ClN2O7S2. The van der Waals surface area contributed by atoms with Gasteiger partial charge < -0.3 is 19.5 Å². The first-order valence-corrected chi connectivity index (χ1v) is 16.1. The van der Waals surface area contributed by atoms with E-state index >= 15 is 0 Å². The number of hydrogen-bond acceptors (Lipinski definition) is 9. The van der Waals surface area contributed by atoms with Gasteiger partial charge in [-0.05, 0) is 70.4 Å². The lowest BCUT2D eigenvalue weighted by molar-refractivity contribution is -0.142. The molecule has 0 amide bonds. The number of benzene rings is 2. The number of rotatable bonds is 9. The van der Waals surface area contributed by atoms with Crippen molar-refractivity contribution in [3.05, 3.63) is 64.0 Å². The number of carbonyl (C=O) groups is 2. The van der Waals surface area contributed by atoms with Crippen molar-refractivity contribution in [2.45, 2.75) is 57.1 Å². The molecule has 12 heteroatoms. The van der Waals surface area contributed by atoms with Gasteiger partial charge in [-0.15, -0.1) is 11.3 Å². The molecule has 1 fully saturated rings. The predicted octanol–water partition coefficient (Wildman–Crippen LogP) is 6.15. The summed E-state index contributed by atoms with van der Waals surface area (Å²) < 4.78 is 43.8. The highest BCUT2D eigenvalue weighted by molar-refractivity contribution is 7.89. The Labute approximate surface area is 255 Å². The third-order valence-corrected chi connectivity index (χ3v) is 10.3. The smallest absolute Gasteiger partial charge is 0.352 e. The molecule has 0 spiro atoms. The quantitative estimate of drug-likeness (QED) is 0.279. The van der Waals surface area contributed by atoms with E-state index in [0.717, 1.165) is 16.1 Å². The van der Waals surface area contributed by atoms with Gasteiger partial charge in [-0.1, -0.05) is 35.9 Å². The molecule has 2 heterocycles. The second-order valence-corrected chi connectivity index (χ2v) is 14.2. The van der Waals surface area contributed by atoms with Gasteiger partial charge in [-0.2, -0.15) is 4.31 Å². The van der Waals surface area contributed by atoms with Crippen molar-refractivity contribution in [2.75, 3.05) is 32.1 Å². The number of methoxy groups -OCH3 is 1. The maximum absolute atomic E-state index is 13.1. The summed E-state index contributed by atoms with van der Waals surface area (Å²) >= 11 is 7.40. The Balaban J connectivity index is 1.51. The fraction of sp³-hybridized carbons (Fsp3) is 0.400. The Bertz CT molecular complexity index is 1560. The molecule has 0 bridgehead atoms. The average Bonchev–Trinajstić information content (AvgIpc) is 3.27. The van der Waals surface area contributed by atoms with Crippen LogP contribution in [0.4, 0.5) is 5.69 Å². The van der Waals surface area contributed by atoms with E-state index in [4.69, 9.17) is 25.8 Å². The van der Waals surface area contributed by atoms with Crippen LogP contribution >= 0.6 is 22.9 Å². The van der Waals surface area contributed by atoms with E-state index in [-0.39, 0.29) is 27.4 Å². The summed E-state index contributed by atoms with van der Waals surface area (Å²) in [5.74, 6) is -0.802. The van der Waals surface area contributed by atoms with E-state index in [1.807, 2.05) is 31.2 Å². The predicted molar refractivity (Wildman–Crippen MR) is 164 cm³/mol. The minimum Gasteiger partial charge on any atom is -0.480 e. The van der Waals surface area contributed by atoms with Crippen molar-refractivity contribution in [2.24, 2.45) is 0 Å². The van der Waals surface area contributed by atoms with Crippen molar-refractivity contribution in [3.8, 4) is 16.2 Å². The number of halogens is 1. The van der Waals surface area contributed by atoms with Gasteiger partial charge in [0.05, 0.1) is 12.1 Å². The molecule has 0 atom stereocenters. The molecule has 226 valence electrons. The van der Waals surface area contributed by atoms with E-state index in [2.05, 4.69) is 5.32 Å². The topological polar surface area (TPSA) is 111 Å². The molecule has 1 N–H and O–H groups in total. The minimum atomic E-state index is -3.67. The van der Waals surface area contributed by atoms with Crippen LogP contribution in [-0.2, 0) is 24.3 Å². The zero-order valence-corrected chi connectivity index (χ0v) is 26.6. The van der Waals surface area contributed by atoms with E-state index in [1.165, 1.54) is 28.8 Å². The Morgan fingerprint density at radius 2 is 1.79 bits per heavy atom. The summed E-state index contributed by atoms with van der Waals surface area (Å²) in [7, 11) is -2.40. The van der Waals surface area contributed by atoms with E-state index in [1.54, 1.807) is 39.0 Å². The van der Waals surface area contributed by atoms with Gasteiger partial charge in [0.1, 0.15) is 16.2 Å². The molecule has 0 saturated carbocycles. The molecule has 0 radical (unpaired) electrons. The molecule has 1 aliphatic heterocycles. The van der Waals surface area contributed by atoms with Crippen molar-refractivity contribution >= 4 is 50.6 Å². The molecule has 1 aromatic heterocycles. The highest BCUT2D eigenvalue weighted by atomic mass is 35.5. The highest BCUT2D eigenvalue weighted by Gasteiger charge is 2.31. The van der Waals surface area contributed by atoms with Gasteiger partial charge in [-0.3, -0.25) is 0 Å². The van der Waals surface area contributed by atoms with Crippen LogP contribution in [0.2, 0.25) is 5.02 Å². The largest absolute Gasteiger partial charge is 0.480 e. The van der Waals surface area contributed by atoms with Crippen molar-refractivity contribution < 1.29 is 32.2 Å². The summed E-state index contributed by atoms with van der Waals surface area (Å²) in [4.78, 5) is 26.0. The molecule has 0 aliphatic carbocycles. The summed E-state index contributed by atoms with van der Waals surface area (Å²) in [6.07, 6.45) is 1.25. The Kier molecular flexibility index (Phi) is 9.87. The number of nitrogens with zero attached hydrogens (tertiary/aromatic N) is 1. The van der Waals surface area contributed by atoms with Crippen LogP contribution in [0.5, 0.6) is 5.75 Å². The minimum absolute atomic E-state index is 0.0682. The van der Waals surface area contributed by atoms with Crippen LogP contribution in [-0.4, -0.2) is 63.1 Å². The first-order valence-electron chi connectivity index (χ1n) is 13.5. The van der Waals surface area contributed by atoms with Crippen LogP contribution in [0.25, 0.3) is 10.4 Å². The van der Waals surface area contributed by atoms with Gasteiger partial charge in [0, 0.05) is 35.3 Å². The summed E-state index contributed by atoms with van der Waals surface area (Å²) in [5, 5.41) is 3.74. The number of nitrogens with one attached hydrogen (secondary N) is 1. The monoisotopic (exact) mass is 634 g/mol. The first-order chi connectivity index (χ1) is 19.8. The normalized spacial score (nSPS) is 14.8. The van der Waals surface area contributed by atoms with Gasteiger partial charge in [-0.25, -0.2) is 18.0 Å². The number of ether oxygens (including phenoxy) is 3. The highest BCUT2D eigenvalue weighted by Crippen LogP contribution is 2.43. The SMILES string of the molecule is COC(=O)COc1c(C(=O)OC(C)(C)C)sc(-c2cccc(NC3CCN(S(=O)(=O)c4ccccc4Cl)CC3)c2)c1C. The molecule has 1 saturated heterocycles. The molecular weight excluding hydrogens is 600 g/mol. The number of piperidine rings is 1. The van der Waals surface area contributed by atoms with Crippen molar-refractivity contribution in [1.82, 2.24) is 4.31 Å². The lowest BCUT2D eigenvalue weighted by atomic mass is 10.0. The van der Waals surface area contributed by atoms with Crippen LogP contribution in [0.1, 0.15) is 48.8 Å². The third-order valence-electron chi connectivity index (χ3n) is 6.64. The van der Waals surface area contributed by atoms with Crippen LogP contribution < -0.4 is 10.1 Å². The van der Waals surface area contributed by atoms with Gasteiger partial charge >= 0.3 is 11.9 Å². The molecule has 2 aromatic carbocycles. The van der Waals surface area contributed by atoms with Gasteiger partial charge in [0.25, 0.3) is 0 Å². The fourth-order valence-corrected chi connectivity index (χ4v) is 7.70. The maximum atomic E-state index is 13.1. The van der Waals surface area contributed by atoms with E-state index in [9.17, 15) is 18.0 Å². The second-order valence-electron chi connectivity index (χ2n) is 10.9. The second kappa shape index (κ2) is 13.0. The van der Waals surface area contributed by atoms with E-state index in [0.29, 0.717) is 37.2 Å². The summed E-state index contributed by atoms with van der Waals surface area (Å²) in [5.41, 5.74) is 1.73. The Morgan fingerprint density at radius 1 is 1.10 bits per heavy atom. The van der Waals surface area contributed by atoms with Gasteiger partial charge in [0.2, 0.25) is 10.0 Å². The van der Waals surface area contributed by atoms with Crippen LogP contribution in [0, 0.1) is 6.92 Å². The molecule has 9 nitrogen and oxygen atoms in total. The summed E-state index contributed by atoms with van der Waals surface area (Å²) in [6, 6.07) is 14.3. The average molecular weight is 635 g/mol. The molecule has 1 aliphatic rings. The Morgan fingerprint density at radius 3 is 2.43 bits per heavy atom. The third kappa shape index (κ3) is 7.44. The first kappa shape index (κ1) is 31.8. The zero-order valence-electron chi connectivity index (χ0n) is 24.2.